The second-order valence-electron chi connectivity index (χ2n) is 2.96. The lowest BCUT2D eigenvalue weighted by Gasteiger charge is -2.11. The molecule has 0 aliphatic heterocycles. The van der Waals surface area contributed by atoms with E-state index in [1.807, 2.05) is 19.1 Å². The van der Waals surface area contributed by atoms with E-state index in [4.69, 9.17) is 23.1 Å². The largest absolute Gasteiger partial charge is 0.328 e. The highest BCUT2D eigenvalue weighted by atomic mass is 35.5. The normalized spacial score (nSPS) is 16.0. The Morgan fingerprint density at radius 3 is 2.58 bits per heavy atom. The summed E-state index contributed by atoms with van der Waals surface area (Å²) in [6.07, 6.45) is 0.802. The minimum absolute atomic E-state index is 0.0301. The summed E-state index contributed by atoms with van der Waals surface area (Å²) in [5, 5.41) is 0. The van der Waals surface area contributed by atoms with Gasteiger partial charge in [0.05, 0.1) is 4.34 Å². The summed E-state index contributed by atoms with van der Waals surface area (Å²) in [6.45, 7) is 1.95. The molecule has 0 aromatic carbocycles. The van der Waals surface area contributed by atoms with Gasteiger partial charge in [-0.15, -0.1) is 11.3 Å². The van der Waals surface area contributed by atoms with Gasteiger partial charge in [0.25, 0.3) is 0 Å². The first-order chi connectivity index (χ1) is 5.59. The van der Waals surface area contributed by atoms with Crippen LogP contribution in [0.3, 0.4) is 0 Å². The van der Waals surface area contributed by atoms with Gasteiger partial charge in [0, 0.05) is 17.0 Å². The molecule has 0 fully saturated rings. The van der Waals surface area contributed by atoms with E-state index in [0.29, 0.717) is 0 Å². The second-order valence-corrected chi connectivity index (χ2v) is 4.71. The predicted molar refractivity (Wildman–Crippen MR) is 54.5 cm³/mol. The topological polar surface area (TPSA) is 52.0 Å². The van der Waals surface area contributed by atoms with Crippen molar-refractivity contribution in [1.29, 1.82) is 0 Å². The number of nitrogens with two attached hydrogens (primary N) is 2. The summed E-state index contributed by atoms with van der Waals surface area (Å²) in [5.74, 6) is 0. The van der Waals surface area contributed by atoms with Gasteiger partial charge in [-0.3, -0.25) is 0 Å². The molecule has 2 nitrogen and oxygen atoms in total. The maximum atomic E-state index is 5.88. The summed E-state index contributed by atoms with van der Waals surface area (Å²) >= 11 is 7.30. The fourth-order valence-corrected chi connectivity index (χ4v) is 2.12. The molecule has 0 saturated carbocycles. The van der Waals surface area contributed by atoms with Crippen LogP contribution >= 0.6 is 22.9 Å². The lowest BCUT2D eigenvalue weighted by molar-refractivity contribution is 0.575. The van der Waals surface area contributed by atoms with Crippen molar-refractivity contribution in [2.45, 2.75) is 25.4 Å². The molecule has 1 aromatic heterocycles. The van der Waals surface area contributed by atoms with Gasteiger partial charge >= 0.3 is 0 Å². The molecule has 2 unspecified atom stereocenters. The average Bonchev–Trinajstić information content (AvgIpc) is 2.34. The van der Waals surface area contributed by atoms with E-state index < -0.39 is 0 Å². The van der Waals surface area contributed by atoms with E-state index in [1.165, 1.54) is 11.3 Å². The zero-order valence-electron chi connectivity index (χ0n) is 6.96. The molecule has 68 valence electrons. The quantitative estimate of drug-likeness (QED) is 0.793. The van der Waals surface area contributed by atoms with Crippen molar-refractivity contribution in [1.82, 2.24) is 0 Å². The second kappa shape index (κ2) is 4.23. The Bertz CT molecular complexity index is 247. The first kappa shape index (κ1) is 9.99. The van der Waals surface area contributed by atoms with Crippen molar-refractivity contribution in [3.05, 3.63) is 21.3 Å². The van der Waals surface area contributed by atoms with Crippen LogP contribution in [0.25, 0.3) is 0 Å². The van der Waals surface area contributed by atoms with Crippen LogP contribution < -0.4 is 11.5 Å². The third-order valence-corrected chi connectivity index (χ3v) is 2.95. The van der Waals surface area contributed by atoms with Gasteiger partial charge in [-0.1, -0.05) is 11.6 Å². The molecule has 1 rings (SSSR count). The third kappa shape index (κ3) is 2.75. The smallest absolute Gasteiger partial charge is 0.0931 e. The van der Waals surface area contributed by atoms with Gasteiger partial charge in [0.15, 0.2) is 0 Å². The van der Waals surface area contributed by atoms with Crippen LogP contribution in [-0.2, 0) is 0 Å². The first-order valence-electron chi connectivity index (χ1n) is 3.86. The summed E-state index contributed by atoms with van der Waals surface area (Å²) in [6, 6.07) is 3.99. The molecule has 0 saturated heterocycles. The molecule has 0 spiro atoms. The van der Waals surface area contributed by atoms with Crippen molar-refractivity contribution in [2.24, 2.45) is 11.5 Å². The zero-order chi connectivity index (χ0) is 9.14. The molecule has 12 heavy (non-hydrogen) atoms. The Balaban J connectivity index is 2.58. The molecule has 2 atom stereocenters. The highest BCUT2D eigenvalue weighted by Crippen LogP contribution is 2.27. The minimum atomic E-state index is 0.0301. The maximum absolute atomic E-state index is 5.88. The molecular weight excluding hydrogens is 192 g/mol. The molecule has 0 aliphatic rings. The Kier molecular flexibility index (Phi) is 3.53. The van der Waals surface area contributed by atoms with Crippen molar-refractivity contribution in [3.8, 4) is 0 Å². The number of hydrogen-bond donors (Lipinski definition) is 2. The van der Waals surface area contributed by atoms with Crippen molar-refractivity contribution >= 4 is 22.9 Å². The number of hydrogen-bond acceptors (Lipinski definition) is 3. The van der Waals surface area contributed by atoms with Gasteiger partial charge in [-0.25, -0.2) is 0 Å². The fourth-order valence-electron chi connectivity index (χ4n) is 1.04. The highest BCUT2D eigenvalue weighted by molar-refractivity contribution is 7.16. The zero-order valence-corrected chi connectivity index (χ0v) is 8.53. The van der Waals surface area contributed by atoms with Crippen LogP contribution in [0.1, 0.15) is 24.3 Å². The molecule has 0 bridgehead atoms. The molecule has 0 radical (unpaired) electrons. The molecular formula is C8H13ClN2S. The van der Waals surface area contributed by atoms with E-state index in [1.54, 1.807) is 0 Å². The molecule has 4 N–H and O–H groups in total. The maximum Gasteiger partial charge on any atom is 0.0931 e. The molecule has 1 aromatic rings. The Labute approximate surface area is 81.5 Å². The van der Waals surface area contributed by atoms with Crippen LogP contribution in [-0.4, -0.2) is 6.04 Å². The minimum Gasteiger partial charge on any atom is -0.328 e. The monoisotopic (exact) mass is 204 g/mol. The Morgan fingerprint density at radius 2 is 2.17 bits per heavy atom. The lowest BCUT2D eigenvalue weighted by atomic mass is 10.1. The first-order valence-corrected chi connectivity index (χ1v) is 5.05. The Hall–Kier alpha value is -0.0900. The van der Waals surface area contributed by atoms with Gasteiger partial charge in [0.1, 0.15) is 0 Å². The van der Waals surface area contributed by atoms with E-state index in [9.17, 15) is 0 Å². The molecule has 4 heteroatoms. The van der Waals surface area contributed by atoms with Gasteiger partial charge < -0.3 is 11.5 Å². The van der Waals surface area contributed by atoms with Crippen molar-refractivity contribution in [3.63, 3.8) is 0 Å². The summed E-state index contributed by atoms with van der Waals surface area (Å²) in [4.78, 5) is 1.11. The number of halogens is 1. The van der Waals surface area contributed by atoms with E-state index in [2.05, 4.69) is 0 Å². The van der Waals surface area contributed by atoms with E-state index >= 15 is 0 Å². The van der Waals surface area contributed by atoms with Crippen molar-refractivity contribution in [2.75, 3.05) is 0 Å². The highest BCUT2D eigenvalue weighted by Gasteiger charge is 2.10. The summed E-state index contributed by atoms with van der Waals surface area (Å²) in [7, 11) is 0. The summed E-state index contributed by atoms with van der Waals surface area (Å²) in [5.41, 5.74) is 11.5. The van der Waals surface area contributed by atoms with Crippen LogP contribution in [0.5, 0.6) is 0 Å². The predicted octanol–water partition coefficient (Wildman–Crippen LogP) is 2.14. The lowest BCUT2D eigenvalue weighted by Crippen LogP contribution is -2.22. The molecule has 0 aliphatic carbocycles. The van der Waals surface area contributed by atoms with Gasteiger partial charge in [0.2, 0.25) is 0 Å². The SMILES string of the molecule is CC(N)CC(N)c1ccc(Cl)s1. The van der Waals surface area contributed by atoms with Crippen LogP contribution in [0.2, 0.25) is 4.34 Å². The third-order valence-electron chi connectivity index (χ3n) is 1.59. The van der Waals surface area contributed by atoms with Gasteiger partial charge in [-0.05, 0) is 25.5 Å². The Morgan fingerprint density at radius 1 is 1.50 bits per heavy atom. The van der Waals surface area contributed by atoms with Gasteiger partial charge in [-0.2, -0.15) is 0 Å². The summed E-state index contributed by atoms with van der Waals surface area (Å²) < 4.78 is 0.783. The fraction of sp³-hybridized carbons (Fsp3) is 0.500. The van der Waals surface area contributed by atoms with Crippen LogP contribution in [0.15, 0.2) is 12.1 Å². The van der Waals surface area contributed by atoms with Crippen LogP contribution in [0, 0.1) is 0 Å². The van der Waals surface area contributed by atoms with E-state index in [-0.39, 0.29) is 12.1 Å². The van der Waals surface area contributed by atoms with E-state index in [0.717, 1.165) is 15.6 Å². The van der Waals surface area contributed by atoms with Crippen LogP contribution in [0.4, 0.5) is 0 Å². The molecule has 1 heterocycles. The standard InChI is InChI=1S/C8H13ClN2S/c1-5(10)4-6(11)7-2-3-8(9)12-7/h2-3,5-6H,4,10-11H2,1H3. The molecule has 0 amide bonds. The average molecular weight is 205 g/mol. The van der Waals surface area contributed by atoms with Crippen molar-refractivity contribution < 1.29 is 0 Å². The number of thiophene rings is 1. The number of rotatable bonds is 3.